The van der Waals surface area contributed by atoms with Crippen LogP contribution in [0.15, 0.2) is 24.3 Å². The number of amides is 1. The second-order valence-corrected chi connectivity index (χ2v) is 4.82. The fourth-order valence-corrected chi connectivity index (χ4v) is 2.32. The Balaban J connectivity index is 1.78. The summed E-state index contributed by atoms with van der Waals surface area (Å²) in [4.78, 5) is 16.4. The molecule has 5 nitrogen and oxygen atoms in total. The molecule has 0 aromatic carbocycles. The van der Waals surface area contributed by atoms with Gasteiger partial charge in [-0.2, -0.15) is 5.10 Å². The van der Waals surface area contributed by atoms with Gasteiger partial charge in [0, 0.05) is 17.9 Å². The standard InChI is InChI=1S/C14H16N4O/c1-10-5-4-7-13(15-10)16-14(19)12-9-11-6-2-3-8-18(11)17-12/h4-5,7,9H,2-3,6,8H2,1H3,(H,15,16,19). The van der Waals surface area contributed by atoms with Crippen molar-refractivity contribution in [2.24, 2.45) is 0 Å². The quantitative estimate of drug-likeness (QED) is 0.895. The summed E-state index contributed by atoms with van der Waals surface area (Å²) in [5.74, 6) is 0.371. The lowest BCUT2D eigenvalue weighted by molar-refractivity contribution is 0.102. The number of aryl methyl sites for hydroxylation is 3. The van der Waals surface area contributed by atoms with E-state index < -0.39 is 0 Å². The molecule has 1 aliphatic heterocycles. The molecule has 3 heterocycles. The highest BCUT2D eigenvalue weighted by molar-refractivity contribution is 6.02. The van der Waals surface area contributed by atoms with Crippen LogP contribution in [0, 0.1) is 6.92 Å². The average molecular weight is 256 g/mol. The maximum absolute atomic E-state index is 12.1. The number of carbonyl (C=O) groups excluding carboxylic acids is 1. The van der Waals surface area contributed by atoms with Crippen LogP contribution in [0.25, 0.3) is 0 Å². The van der Waals surface area contributed by atoms with Crippen molar-refractivity contribution in [1.29, 1.82) is 0 Å². The Hall–Kier alpha value is -2.17. The van der Waals surface area contributed by atoms with E-state index in [-0.39, 0.29) is 5.91 Å². The number of aromatic nitrogens is 3. The molecule has 0 saturated heterocycles. The molecular formula is C14H16N4O. The normalized spacial score (nSPS) is 13.9. The Labute approximate surface area is 111 Å². The van der Waals surface area contributed by atoms with E-state index in [1.54, 1.807) is 6.07 Å². The lowest BCUT2D eigenvalue weighted by Gasteiger charge is -2.11. The van der Waals surface area contributed by atoms with Crippen LogP contribution in [0.4, 0.5) is 5.82 Å². The Kier molecular flexibility index (Phi) is 3.03. The lowest BCUT2D eigenvalue weighted by Crippen LogP contribution is -2.15. The van der Waals surface area contributed by atoms with Crippen LogP contribution in [0.2, 0.25) is 0 Å². The van der Waals surface area contributed by atoms with Crippen LogP contribution in [-0.2, 0) is 13.0 Å². The fraction of sp³-hybridized carbons (Fsp3) is 0.357. The number of pyridine rings is 1. The van der Waals surface area contributed by atoms with Gasteiger partial charge >= 0.3 is 0 Å². The molecule has 19 heavy (non-hydrogen) atoms. The van der Waals surface area contributed by atoms with E-state index in [0.29, 0.717) is 11.5 Å². The zero-order valence-corrected chi connectivity index (χ0v) is 10.9. The molecule has 0 spiro atoms. The minimum absolute atomic E-state index is 0.194. The van der Waals surface area contributed by atoms with Gasteiger partial charge in [0.1, 0.15) is 5.82 Å². The summed E-state index contributed by atoms with van der Waals surface area (Å²) in [6.45, 7) is 2.80. The molecule has 0 fully saturated rings. The van der Waals surface area contributed by atoms with Gasteiger partial charge in [-0.25, -0.2) is 4.98 Å². The third-order valence-corrected chi connectivity index (χ3v) is 3.28. The van der Waals surface area contributed by atoms with Gasteiger partial charge in [0.15, 0.2) is 5.69 Å². The zero-order chi connectivity index (χ0) is 13.2. The van der Waals surface area contributed by atoms with Crippen molar-refractivity contribution in [3.8, 4) is 0 Å². The van der Waals surface area contributed by atoms with E-state index >= 15 is 0 Å². The molecule has 0 saturated carbocycles. The van der Waals surface area contributed by atoms with Crippen molar-refractivity contribution in [3.63, 3.8) is 0 Å². The van der Waals surface area contributed by atoms with Gasteiger partial charge in [-0.05, 0) is 44.4 Å². The molecule has 0 atom stereocenters. The van der Waals surface area contributed by atoms with Crippen molar-refractivity contribution in [2.45, 2.75) is 32.7 Å². The van der Waals surface area contributed by atoms with E-state index in [4.69, 9.17) is 0 Å². The van der Waals surface area contributed by atoms with Crippen LogP contribution >= 0.6 is 0 Å². The highest BCUT2D eigenvalue weighted by Crippen LogP contribution is 2.16. The average Bonchev–Trinajstić information content (AvgIpc) is 2.82. The molecule has 5 heteroatoms. The van der Waals surface area contributed by atoms with Crippen molar-refractivity contribution in [3.05, 3.63) is 41.3 Å². The second kappa shape index (κ2) is 4.84. The summed E-state index contributed by atoms with van der Waals surface area (Å²) in [6.07, 6.45) is 3.31. The molecule has 98 valence electrons. The molecule has 1 aliphatic rings. The topological polar surface area (TPSA) is 59.8 Å². The van der Waals surface area contributed by atoms with Gasteiger partial charge in [-0.3, -0.25) is 9.48 Å². The van der Waals surface area contributed by atoms with E-state index in [1.165, 1.54) is 6.42 Å². The van der Waals surface area contributed by atoms with E-state index in [2.05, 4.69) is 15.4 Å². The predicted octanol–water partition coefficient (Wildman–Crippen LogP) is 2.18. The molecule has 0 radical (unpaired) electrons. The number of hydrogen-bond donors (Lipinski definition) is 1. The maximum atomic E-state index is 12.1. The van der Waals surface area contributed by atoms with Crippen LogP contribution in [0.1, 0.15) is 34.7 Å². The van der Waals surface area contributed by atoms with Crippen molar-refractivity contribution in [1.82, 2.24) is 14.8 Å². The fourth-order valence-electron chi connectivity index (χ4n) is 2.32. The van der Waals surface area contributed by atoms with E-state index in [0.717, 1.165) is 30.8 Å². The van der Waals surface area contributed by atoms with Gasteiger partial charge in [-0.1, -0.05) is 6.07 Å². The first-order chi connectivity index (χ1) is 9.22. The largest absolute Gasteiger partial charge is 0.305 e. The van der Waals surface area contributed by atoms with Crippen LogP contribution in [0.3, 0.4) is 0 Å². The molecule has 1 amide bonds. The Morgan fingerprint density at radius 2 is 2.26 bits per heavy atom. The van der Waals surface area contributed by atoms with E-state index in [9.17, 15) is 4.79 Å². The molecule has 2 aromatic heterocycles. The van der Waals surface area contributed by atoms with Crippen LogP contribution in [0.5, 0.6) is 0 Å². The van der Waals surface area contributed by atoms with Crippen molar-refractivity contribution in [2.75, 3.05) is 5.32 Å². The minimum atomic E-state index is -0.194. The molecule has 2 aromatic rings. The minimum Gasteiger partial charge on any atom is -0.305 e. The first-order valence-electron chi connectivity index (χ1n) is 6.54. The Bertz CT molecular complexity index is 594. The first kappa shape index (κ1) is 11.9. The zero-order valence-electron chi connectivity index (χ0n) is 10.9. The Morgan fingerprint density at radius 3 is 3.05 bits per heavy atom. The Morgan fingerprint density at radius 1 is 1.37 bits per heavy atom. The predicted molar refractivity (Wildman–Crippen MR) is 72.1 cm³/mol. The summed E-state index contributed by atoms with van der Waals surface area (Å²) in [7, 11) is 0. The number of carbonyl (C=O) groups is 1. The number of hydrogen-bond acceptors (Lipinski definition) is 3. The number of rotatable bonds is 2. The first-order valence-corrected chi connectivity index (χ1v) is 6.54. The van der Waals surface area contributed by atoms with Gasteiger partial charge in [0.05, 0.1) is 0 Å². The highest BCUT2D eigenvalue weighted by Gasteiger charge is 2.16. The summed E-state index contributed by atoms with van der Waals surface area (Å²) in [6, 6.07) is 7.42. The summed E-state index contributed by atoms with van der Waals surface area (Å²) in [5, 5.41) is 7.13. The molecular weight excluding hydrogens is 240 g/mol. The van der Waals surface area contributed by atoms with Gasteiger partial charge in [0.2, 0.25) is 0 Å². The smallest absolute Gasteiger partial charge is 0.277 e. The SMILES string of the molecule is Cc1cccc(NC(=O)c2cc3n(n2)CCCC3)n1. The molecule has 1 N–H and O–H groups in total. The number of nitrogens with one attached hydrogen (secondary N) is 1. The summed E-state index contributed by atoms with van der Waals surface area (Å²) < 4.78 is 1.93. The second-order valence-electron chi connectivity index (χ2n) is 4.82. The monoisotopic (exact) mass is 256 g/mol. The molecule has 0 aliphatic carbocycles. The summed E-state index contributed by atoms with van der Waals surface area (Å²) in [5.41, 5.74) is 2.50. The van der Waals surface area contributed by atoms with Gasteiger partial charge in [0.25, 0.3) is 5.91 Å². The molecule has 0 bridgehead atoms. The van der Waals surface area contributed by atoms with Crippen molar-refractivity contribution >= 4 is 11.7 Å². The van der Waals surface area contributed by atoms with Gasteiger partial charge < -0.3 is 5.32 Å². The van der Waals surface area contributed by atoms with Crippen LogP contribution in [-0.4, -0.2) is 20.7 Å². The van der Waals surface area contributed by atoms with Gasteiger partial charge in [-0.15, -0.1) is 0 Å². The highest BCUT2D eigenvalue weighted by atomic mass is 16.2. The number of fused-ring (bicyclic) bond motifs is 1. The molecule has 0 unspecified atom stereocenters. The van der Waals surface area contributed by atoms with E-state index in [1.807, 2.05) is 29.8 Å². The van der Waals surface area contributed by atoms with Crippen molar-refractivity contribution < 1.29 is 4.79 Å². The number of nitrogens with zero attached hydrogens (tertiary/aromatic N) is 3. The lowest BCUT2D eigenvalue weighted by atomic mass is 10.1. The third-order valence-electron chi connectivity index (χ3n) is 3.28. The van der Waals surface area contributed by atoms with Crippen LogP contribution < -0.4 is 5.32 Å². The summed E-state index contributed by atoms with van der Waals surface area (Å²) >= 11 is 0. The molecule has 3 rings (SSSR count). The maximum Gasteiger partial charge on any atom is 0.277 e. The third kappa shape index (κ3) is 2.50. The number of anilines is 1.